The smallest absolute Gasteiger partial charge is 0.408 e. The quantitative estimate of drug-likeness (QED) is 0.374. The minimum absolute atomic E-state index is 0.0500. The van der Waals surface area contributed by atoms with Crippen LogP contribution in [0.15, 0.2) is 30.9 Å². The van der Waals surface area contributed by atoms with Crippen LogP contribution in [0.3, 0.4) is 0 Å². The normalized spacial score (nSPS) is 16.0. The zero-order valence-corrected chi connectivity index (χ0v) is 23.3. The van der Waals surface area contributed by atoms with E-state index in [-0.39, 0.29) is 30.2 Å². The molecule has 1 fully saturated rings. The van der Waals surface area contributed by atoms with Crippen LogP contribution >= 0.6 is 0 Å². The van der Waals surface area contributed by atoms with E-state index in [1.54, 1.807) is 45.9 Å². The molecule has 2 rings (SSSR count). The Hall–Kier alpha value is -3.03. The van der Waals surface area contributed by atoms with Crippen molar-refractivity contribution in [2.45, 2.75) is 104 Å². The molecule has 1 aromatic carbocycles. The second-order valence-electron chi connectivity index (χ2n) is 11.4. The topological polar surface area (TPSA) is 108 Å². The summed E-state index contributed by atoms with van der Waals surface area (Å²) in [5.74, 6) is -0.470. The Kier molecular flexibility index (Phi) is 11.0. The van der Waals surface area contributed by atoms with Gasteiger partial charge in [-0.25, -0.2) is 4.79 Å². The number of benzene rings is 1. The second-order valence-corrected chi connectivity index (χ2v) is 11.4. The van der Waals surface area contributed by atoms with Crippen LogP contribution < -0.4 is 10.6 Å². The van der Waals surface area contributed by atoms with Crippen molar-refractivity contribution in [1.82, 2.24) is 15.5 Å². The minimum atomic E-state index is -0.957. The first-order valence-electron chi connectivity index (χ1n) is 13.3. The summed E-state index contributed by atoms with van der Waals surface area (Å²) >= 11 is 0. The second kappa shape index (κ2) is 13.5. The van der Waals surface area contributed by atoms with Crippen molar-refractivity contribution in [2.75, 3.05) is 6.54 Å². The number of alkyl carbamates (subject to hydrolysis) is 1. The molecular formula is C29H45N3O5. The summed E-state index contributed by atoms with van der Waals surface area (Å²) in [6.45, 7) is 14.9. The van der Waals surface area contributed by atoms with Crippen molar-refractivity contribution in [2.24, 2.45) is 5.92 Å². The maximum Gasteiger partial charge on any atom is 0.408 e. The standard InChI is InChI=1S/C29H45N3O5/c1-8-16-32(27(35)23(17-19(2)3)31-28(36)37-29(5,6)7)25(21-14-15-24(33)20(4)18-21)26(34)30-22-12-10-9-11-13-22/h8,14-15,18-19,22-23,25,33H,1,9-13,16-17H2,2-7H3,(H,30,34)(H,31,36). The van der Waals surface area contributed by atoms with Gasteiger partial charge in [0.25, 0.3) is 0 Å². The molecule has 0 saturated heterocycles. The Balaban J connectivity index is 2.46. The van der Waals surface area contributed by atoms with Crippen molar-refractivity contribution < 1.29 is 24.2 Å². The molecule has 37 heavy (non-hydrogen) atoms. The highest BCUT2D eigenvalue weighted by Crippen LogP contribution is 2.28. The Labute approximate surface area is 221 Å². The van der Waals surface area contributed by atoms with Gasteiger partial charge >= 0.3 is 6.09 Å². The van der Waals surface area contributed by atoms with E-state index >= 15 is 0 Å². The van der Waals surface area contributed by atoms with Crippen molar-refractivity contribution in [3.8, 4) is 5.75 Å². The van der Waals surface area contributed by atoms with Crippen LogP contribution in [-0.2, 0) is 14.3 Å². The molecule has 1 saturated carbocycles. The minimum Gasteiger partial charge on any atom is -0.508 e. The molecule has 0 spiro atoms. The number of phenols is 1. The van der Waals surface area contributed by atoms with Crippen molar-refractivity contribution in [3.05, 3.63) is 42.0 Å². The third kappa shape index (κ3) is 9.41. The summed E-state index contributed by atoms with van der Waals surface area (Å²) in [6.07, 6.45) is 6.33. The fourth-order valence-electron chi connectivity index (χ4n) is 4.65. The maximum atomic E-state index is 14.0. The van der Waals surface area contributed by atoms with Crippen molar-refractivity contribution in [1.29, 1.82) is 0 Å². The zero-order chi connectivity index (χ0) is 27.8. The molecule has 1 aliphatic rings. The van der Waals surface area contributed by atoms with Crippen LogP contribution in [0.5, 0.6) is 5.75 Å². The summed E-state index contributed by atoms with van der Waals surface area (Å²) in [4.78, 5) is 41.9. The molecule has 3 amide bonds. The number of hydrogen-bond donors (Lipinski definition) is 3. The van der Waals surface area contributed by atoms with Gasteiger partial charge in [-0.15, -0.1) is 6.58 Å². The molecular weight excluding hydrogens is 470 g/mol. The van der Waals surface area contributed by atoms with E-state index in [1.165, 1.54) is 11.0 Å². The van der Waals surface area contributed by atoms with Gasteiger partial charge in [-0.05, 0) is 76.1 Å². The van der Waals surface area contributed by atoms with E-state index in [0.717, 1.165) is 32.1 Å². The number of carbonyl (C=O) groups is 3. The van der Waals surface area contributed by atoms with Gasteiger partial charge in [0.1, 0.15) is 23.4 Å². The molecule has 8 heteroatoms. The van der Waals surface area contributed by atoms with Crippen molar-refractivity contribution in [3.63, 3.8) is 0 Å². The number of aromatic hydroxyl groups is 1. The lowest BCUT2D eigenvalue weighted by atomic mass is 9.94. The summed E-state index contributed by atoms with van der Waals surface area (Å²) in [5.41, 5.74) is 0.464. The first-order valence-corrected chi connectivity index (χ1v) is 13.3. The lowest BCUT2D eigenvalue weighted by Gasteiger charge is -2.35. The van der Waals surface area contributed by atoms with Crippen LogP contribution in [0.25, 0.3) is 0 Å². The number of hydrogen-bond acceptors (Lipinski definition) is 5. The number of amides is 3. The molecule has 0 heterocycles. The maximum absolute atomic E-state index is 14.0. The molecule has 2 unspecified atom stereocenters. The third-order valence-electron chi connectivity index (χ3n) is 6.35. The Morgan fingerprint density at radius 2 is 1.84 bits per heavy atom. The first kappa shape index (κ1) is 30.2. The van der Waals surface area contributed by atoms with Gasteiger partial charge in [0.15, 0.2) is 0 Å². The van der Waals surface area contributed by atoms with E-state index in [2.05, 4.69) is 17.2 Å². The highest BCUT2D eigenvalue weighted by Gasteiger charge is 2.37. The highest BCUT2D eigenvalue weighted by atomic mass is 16.6. The Morgan fingerprint density at radius 3 is 2.38 bits per heavy atom. The summed E-state index contributed by atoms with van der Waals surface area (Å²) in [6, 6.07) is 3.12. The van der Waals surface area contributed by atoms with E-state index in [4.69, 9.17) is 4.74 Å². The van der Waals surface area contributed by atoms with E-state index in [0.29, 0.717) is 17.5 Å². The number of carbonyl (C=O) groups excluding carboxylic acids is 3. The van der Waals surface area contributed by atoms with Gasteiger partial charge < -0.3 is 25.4 Å². The molecule has 2 atom stereocenters. The molecule has 1 aliphatic carbocycles. The molecule has 1 aromatic rings. The molecule has 3 N–H and O–H groups in total. The monoisotopic (exact) mass is 515 g/mol. The van der Waals surface area contributed by atoms with Crippen LogP contribution in [0.4, 0.5) is 4.79 Å². The van der Waals surface area contributed by atoms with Crippen LogP contribution in [0.1, 0.15) is 90.3 Å². The van der Waals surface area contributed by atoms with Crippen molar-refractivity contribution >= 4 is 17.9 Å². The van der Waals surface area contributed by atoms with E-state index in [1.807, 2.05) is 13.8 Å². The Morgan fingerprint density at radius 1 is 1.19 bits per heavy atom. The van der Waals surface area contributed by atoms with Crippen LogP contribution in [0.2, 0.25) is 0 Å². The van der Waals surface area contributed by atoms with Crippen LogP contribution in [0, 0.1) is 12.8 Å². The van der Waals surface area contributed by atoms with Crippen LogP contribution in [-0.4, -0.2) is 52.1 Å². The molecule has 0 radical (unpaired) electrons. The van der Waals surface area contributed by atoms with Gasteiger partial charge in [0, 0.05) is 12.6 Å². The number of nitrogens with one attached hydrogen (secondary N) is 2. The molecule has 0 aromatic heterocycles. The predicted molar refractivity (Wildman–Crippen MR) is 145 cm³/mol. The average molecular weight is 516 g/mol. The highest BCUT2D eigenvalue weighted by molar-refractivity contribution is 5.92. The number of ether oxygens (including phenoxy) is 1. The summed E-state index contributed by atoms with van der Waals surface area (Å²) in [7, 11) is 0. The Bertz CT molecular complexity index is 947. The predicted octanol–water partition coefficient (Wildman–Crippen LogP) is 5.14. The number of rotatable bonds is 10. The third-order valence-corrected chi connectivity index (χ3v) is 6.35. The fraction of sp³-hybridized carbons (Fsp3) is 0.621. The van der Waals surface area contributed by atoms with E-state index in [9.17, 15) is 19.5 Å². The van der Waals surface area contributed by atoms with Gasteiger partial charge in [0.05, 0.1) is 0 Å². The first-order chi connectivity index (χ1) is 17.3. The molecule has 8 nitrogen and oxygen atoms in total. The molecule has 0 bridgehead atoms. The summed E-state index contributed by atoms with van der Waals surface area (Å²) < 4.78 is 5.41. The van der Waals surface area contributed by atoms with Gasteiger partial charge in [-0.3, -0.25) is 9.59 Å². The number of phenolic OH excluding ortho intramolecular Hbond substituents is 1. The fourth-order valence-corrected chi connectivity index (χ4v) is 4.65. The number of nitrogens with zero attached hydrogens (tertiary/aromatic N) is 1. The van der Waals surface area contributed by atoms with Gasteiger partial charge in [-0.1, -0.05) is 45.3 Å². The van der Waals surface area contributed by atoms with Gasteiger partial charge in [-0.2, -0.15) is 0 Å². The zero-order valence-electron chi connectivity index (χ0n) is 23.3. The van der Waals surface area contributed by atoms with E-state index < -0.39 is 29.7 Å². The van der Waals surface area contributed by atoms with Gasteiger partial charge in [0.2, 0.25) is 11.8 Å². The largest absolute Gasteiger partial charge is 0.508 e. The number of aryl methyl sites for hydroxylation is 1. The molecule has 0 aliphatic heterocycles. The summed E-state index contributed by atoms with van der Waals surface area (Å²) in [5, 5.41) is 16.0. The SMILES string of the molecule is C=CCN(C(=O)C(CC(C)C)NC(=O)OC(C)(C)C)C(C(=O)NC1CCCCC1)c1ccc(O)c(C)c1. The lowest BCUT2D eigenvalue weighted by Crippen LogP contribution is -2.54. The average Bonchev–Trinajstić information content (AvgIpc) is 2.79. The lowest BCUT2D eigenvalue weighted by molar-refractivity contribution is -0.142. The molecule has 206 valence electrons.